The minimum atomic E-state index is 0.850. The van der Waals surface area contributed by atoms with Gasteiger partial charge in [-0.3, -0.25) is 0 Å². The van der Waals surface area contributed by atoms with Gasteiger partial charge in [0.2, 0.25) is 0 Å². The van der Waals surface area contributed by atoms with E-state index in [0.29, 0.717) is 0 Å². The predicted octanol–water partition coefficient (Wildman–Crippen LogP) is 3.89. The number of aromatic nitrogens is 1. The van der Waals surface area contributed by atoms with Gasteiger partial charge in [-0.15, -0.1) is 11.3 Å². The Kier molecular flexibility index (Phi) is 3.07. The van der Waals surface area contributed by atoms with Crippen LogP contribution in [0.2, 0.25) is 0 Å². The minimum absolute atomic E-state index is 0.850. The summed E-state index contributed by atoms with van der Waals surface area (Å²) in [5.41, 5.74) is 1.99. The first-order chi connectivity index (χ1) is 7.20. The highest BCUT2D eigenvalue weighted by atomic mass is 79.9. The molecule has 2 aromatic rings. The van der Waals surface area contributed by atoms with E-state index >= 15 is 0 Å². The third kappa shape index (κ3) is 2.21. The highest BCUT2D eigenvalue weighted by Gasteiger charge is 2.08. The summed E-state index contributed by atoms with van der Waals surface area (Å²) < 4.78 is 6.34. The lowest BCUT2D eigenvalue weighted by molar-refractivity contribution is 0.416. The van der Waals surface area contributed by atoms with Crippen LogP contribution < -0.4 is 4.74 Å². The van der Waals surface area contributed by atoms with E-state index in [9.17, 15) is 0 Å². The molecule has 0 unspecified atom stereocenters. The number of hydrogen-bond acceptors (Lipinski definition) is 3. The molecule has 1 aromatic heterocycles. The molecule has 0 aliphatic rings. The van der Waals surface area contributed by atoms with Gasteiger partial charge in [0.1, 0.15) is 5.75 Å². The van der Waals surface area contributed by atoms with Crippen molar-refractivity contribution in [1.82, 2.24) is 4.98 Å². The first-order valence-corrected chi connectivity index (χ1v) is 6.14. The Bertz CT molecular complexity index is 481. The maximum absolute atomic E-state index is 5.31. The summed E-state index contributed by atoms with van der Waals surface area (Å²) >= 11 is 5.09. The van der Waals surface area contributed by atoms with Gasteiger partial charge in [-0.25, -0.2) is 4.98 Å². The quantitative estimate of drug-likeness (QED) is 0.834. The second-order valence-corrected chi connectivity index (χ2v) is 5.07. The molecule has 0 bridgehead atoms. The van der Waals surface area contributed by atoms with Crippen LogP contribution in [0.25, 0.3) is 11.3 Å². The van der Waals surface area contributed by atoms with Crippen LogP contribution in [0.15, 0.2) is 28.1 Å². The summed E-state index contributed by atoms with van der Waals surface area (Å²) in [4.78, 5) is 4.45. The third-order valence-corrected chi connectivity index (χ3v) is 3.32. The summed E-state index contributed by atoms with van der Waals surface area (Å²) in [7, 11) is 1.67. The van der Waals surface area contributed by atoms with Crippen molar-refractivity contribution < 1.29 is 4.74 Å². The molecule has 0 fully saturated rings. The SMILES string of the molecule is COc1ccc(Br)cc1-c1csc(C)n1. The number of rotatable bonds is 2. The molecular formula is C11H10BrNOS. The van der Waals surface area contributed by atoms with Gasteiger partial charge in [0.25, 0.3) is 0 Å². The van der Waals surface area contributed by atoms with Gasteiger partial charge in [0, 0.05) is 15.4 Å². The van der Waals surface area contributed by atoms with Gasteiger partial charge in [-0.1, -0.05) is 15.9 Å². The van der Waals surface area contributed by atoms with E-state index in [0.717, 1.165) is 26.5 Å². The molecule has 1 aromatic carbocycles. The van der Waals surface area contributed by atoms with Crippen LogP contribution in [-0.4, -0.2) is 12.1 Å². The van der Waals surface area contributed by atoms with E-state index < -0.39 is 0 Å². The zero-order valence-electron chi connectivity index (χ0n) is 8.45. The molecule has 15 heavy (non-hydrogen) atoms. The molecule has 0 aliphatic carbocycles. The van der Waals surface area contributed by atoms with Gasteiger partial charge in [-0.05, 0) is 25.1 Å². The molecule has 0 saturated heterocycles. The summed E-state index contributed by atoms with van der Waals surface area (Å²) in [5.74, 6) is 0.850. The molecule has 0 atom stereocenters. The van der Waals surface area contributed by atoms with Crippen LogP contribution in [0.5, 0.6) is 5.75 Å². The van der Waals surface area contributed by atoms with Crippen molar-refractivity contribution in [3.8, 4) is 17.0 Å². The molecule has 0 radical (unpaired) electrons. The maximum atomic E-state index is 5.31. The van der Waals surface area contributed by atoms with Crippen molar-refractivity contribution in [1.29, 1.82) is 0 Å². The second kappa shape index (κ2) is 4.33. The molecule has 0 spiro atoms. The number of aryl methyl sites for hydroxylation is 1. The fourth-order valence-electron chi connectivity index (χ4n) is 1.37. The number of ether oxygens (including phenoxy) is 1. The van der Waals surface area contributed by atoms with E-state index in [1.807, 2.05) is 30.5 Å². The van der Waals surface area contributed by atoms with Crippen molar-refractivity contribution in [2.75, 3.05) is 7.11 Å². The zero-order valence-corrected chi connectivity index (χ0v) is 10.9. The molecule has 0 aliphatic heterocycles. The summed E-state index contributed by atoms with van der Waals surface area (Å²) in [6, 6.07) is 5.92. The molecule has 78 valence electrons. The average Bonchev–Trinajstić information content (AvgIpc) is 2.65. The summed E-state index contributed by atoms with van der Waals surface area (Å²) in [6.07, 6.45) is 0. The van der Waals surface area contributed by atoms with Crippen molar-refractivity contribution >= 4 is 27.3 Å². The van der Waals surface area contributed by atoms with Gasteiger partial charge in [-0.2, -0.15) is 0 Å². The van der Waals surface area contributed by atoms with Crippen molar-refractivity contribution in [2.24, 2.45) is 0 Å². The Balaban J connectivity index is 2.55. The highest BCUT2D eigenvalue weighted by molar-refractivity contribution is 9.10. The molecule has 4 heteroatoms. The molecule has 0 amide bonds. The lowest BCUT2D eigenvalue weighted by Gasteiger charge is -2.06. The van der Waals surface area contributed by atoms with Gasteiger partial charge in [0.15, 0.2) is 0 Å². The van der Waals surface area contributed by atoms with Crippen LogP contribution in [0.4, 0.5) is 0 Å². The van der Waals surface area contributed by atoms with E-state index in [-0.39, 0.29) is 0 Å². The standard InChI is InChI=1S/C11H10BrNOS/c1-7-13-10(6-15-7)9-5-8(12)3-4-11(9)14-2/h3-6H,1-2H3. The van der Waals surface area contributed by atoms with E-state index in [2.05, 4.69) is 20.9 Å². The van der Waals surface area contributed by atoms with Crippen LogP contribution in [0.1, 0.15) is 5.01 Å². The second-order valence-electron chi connectivity index (χ2n) is 3.10. The van der Waals surface area contributed by atoms with Crippen LogP contribution in [-0.2, 0) is 0 Å². The number of nitrogens with zero attached hydrogens (tertiary/aromatic N) is 1. The largest absolute Gasteiger partial charge is 0.496 e. The smallest absolute Gasteiger partial charge is 0.128 e. The zero-order chi connectivity index (χ0) is 10.8. The van der Waals surface area contributed by atoms with Crippen LogP contribution in [0.3, 0.4) is 0 Å². The fourth-order valence-corrected chi connectivity index (χ4v) is 2.34. The predicted molar refractivity (Wildman–Crippen MR) is 66.5 cm³/mol. The molecule has 0 N–H and O–H groups in total. The Morgan fingerprint density at radius 1 is 1.40 bits per heavy atom. The third-order valence-electron chi connectivity index (χ3n) is 2.06. The number of thiazole rings is 1. The maximum Gasteiger partial charge on any atom is 0.128 e. The Hall–Kier alpha value is -0.870. The monoisotopic (exact) mass is 283 g/mol. The number of hydrogen-bond donors (Lipinski definition) is 0. The number of halogens is 1. The molecule has 2 nitrogen and oxygen atoms in total. The van der Waals surface area contributed by atoms with Crippen LogP contribution >= 0.6 is 27.3 Å². The molecule has 1 heterocycles. The highest BCUT2D eigenvalue weighted by Crippen LogP contribution is 2.32. The number of benzene rings is 1. The average molecular weight is 284 g/mol. The first-order valence-electron chi connectivity index (χ1n) is 4.47. The van der Waals surface area contributed by atoms with E-state index in [1.54, 1.807) is 18.4 Å². The van der Waals surface area contributed by atoms with Crippen molar-refractivity contribution in [3.63, 3.8) is 0 Å². The lowest BCUT2D eigenvalue weighted by atomic mass is 10.1. The van der Waals surface area contributed by atoms with E-state index in [1.165, 1.54) is 0 Å². The molecule has 2 rings (SSSR count). The van der Waals surface area contributed by atoms with Gasteiger partial charge in [0.05, 0.1) is 17.8 Å². The Labute approximate surface area is 101 Å². The number of methoxy groups -OCH3 is 1. The minimum Gasteiger partial charge on any atom is -0.496 e. The normalized spacial score (nSPS) is 10.3. The van der Waals surface area contributed by atoms with Crippen LogP contribution in [0, 0.1) is 6.92 Å². The van der Waals surface area contributed by atoms with E-state index in [4.69, 9.17) is 4.74 Å². The summed E-state index contributed by atoms with van der Waals surface area (Å²) in [5, 5.41) is 3.10. The van der Waals surface area contributed by atoms with Gasteiger partial charge < -0.3 is 4.74 Å². The van der Waals surface area contributed by atoms with Gasteiger partial charge >= 0.3 is 0 Å². The fraction of sp³-hybridized carbons (Fsp3) is 0.182. The van der Waals surface area contributed by atoms with Crippen molar-refractivity contribution in [2.45, 2.75) is 6.92 Å². The van der Waals surface area contributed by atoms with Crippen molar-refractivity contribution in [3.05, 3.63) is 33.1 Å². The Morgan fingerprint density at radius 2 is 2.20 bits per heavy atom. The molecule has 0 saturated carbocycles. The summed E-state index contributed by atoms with van der Waals surface area (Å²) in [6.45, 7) is 2.00. The lowest BCUT2D eigenvalue weighted by Crippen LogP contribution is -1.88. The topological polar surface area (TPSA) is 22.1 Å². The first kappa shape index (κ1) is 10.6. The Morgan fingerprint density at radius 3 is 2.80 bits per heavy atom. The molecular weight excluding hydrogens is 274 g/mol.